The monoisotopic (exact) mass is 248 g/mol. The van der Waals surface area contributed by atoms with Gasteiger partial charge in [0.2, 0.25) is 11.8 Å². The normalized spacial score (nSPS) is 16.8. The first kappa shape index (κ1) is 12.3. The number of hydrogen-bond acceptors (Lipinski definition) is 4. The largest absolute Gasteiger partial charge is 0.378 e. The van der Waals surface area contributed by atoms with Crippen LogP contribution in [0.2, 0.25) is 0 Å². The van der Waals surface area contributed by atoms with Crippen molar-refractivity contribution >= 4 is 17.7 Å². The lowest BCUT2D eigenvalue weighted by atomic mass is 10.1. The number of hydrogen-bond donors (Lipinski definition) is 2. The lowest BCUT2D eigenvalue weighted by Gasteiger charge is -2.17. The molecule has 0 spiro atoms. The second-order valence-corrected chi connectivity index (χ2v) is 3.91. The number of nitrogens with one attached hydrogen (secondary N) is 1. The standard InChI is InChI=1S/C12H12N2O4/c15-9-6-7-10(16)14(9)13-12(18)11(17)8-4-2-1-3-5-8/h1-5,11,17H,6-7H2,(H,13,18)/t11-/m1/s1. The molecule has 1 aliphatic heterocycles. The summed E-state index contributed by atoms with van der Waals surface area (Å²) in [4.78, 5) is 34.3. The van der Waals surface area contributed by atoms with Crippen molar-refractivity contribution in [1.29, 1.82) is 0 Å². The van der Waals surface area contributed by atoms with Crippen LogP contribution >= 0.6 is 0 Å². The third-order valence-corrected chi connectivity index (χ3v) is 2.64. The number of carbonyl (C=O) groups is 3. The van der Waals surface area contributed by atoms with Gasteiger partial charge in [0.25, 0.3) is 5.91 Å². The fraction of sp³-hybridized carbons (Fsp3) is 0.250. The first-order chi connectivity index (χ1) is 8.59. The van der Waals surface area contributed by atoms with Crippen molar-refractivity contribution in [3.05, 3.63) is 35.9 Å². The van der Waals surface area contributed by atoms with Crippen molar-refractivity contribution in [1.82, 2.24) is 10.4 Å². The molecule has 1 saturated heterocycles. The van der Waals surface area contributed by atoms with E-state index in [4.69, 9.17) is 0 Å². The average molecular weight is 248 g/mol. The van der Waals surface area contributed by atoms with Gasteiger partial charge in [0.1, 0.15) is 0 Å². The molecule has 1 aromatic carbocycles. The van der Waals surface area contributed by atoms with Crippen molar-refractivity contribution in [2.24, 2.45) is 0 Å². The first-order valence-corrected chi connectivity index (χ1v) is 5.49. The molecule has 1 heterocycles. The summed E-state index contributed by atoms with van der Waals surface area (Å²) in [5.41, 5.74) is 2.52. The smallest absolute Gasteiger partial charge is 0.272 e. The second kappa shape index (κ2) is 4.97. The van der Waals surface area contributed by atoms with E-state index in [2.05, 4.69) is 5.43 Å². The number of benzene rings is 1. The van der Waals surface area contributed by atoms with Crippen molar-refractivity contribution in [2.45, 2.75) is 18.9 Å². The minimum Gasteiger partial charge on any atom is -0.378 e. The fourth-order valence-corrected chi connectivity index (χ4v) is 1.66. The maximum Gasteiger partial charge on any atom is 0.272 e. The molecule has 1 aromatic rings. The Kier molecular flexibility index (Phi) is 3.38. The van der Waals surface area contributed by atoms with Gasteiger partial charge in [-0.2, -0.15) is 5.01 Å². The molecule has 3 amide bonds. The summed E-state index contributed by atoms with van der Waals surface area (Å²) in [6.07, 6.45) is -1.24. The van der Waals surface area contributed by atoms with Crippen molar-refractivity contribution < 1.29 is 19.5 Å². The van der Waals surface area contributed by atoms with Gasteiger partial charge in [0, 0.05) is 12.8 Å². The lowest BCUT2D eigenvalue weighted by Crippen LogP contribution is -2.47. The molecule has 6 heteroatoms. The maximum absolute atomic E-state index is 11.7. The van der Waals surface area contributed by atoms with Crippen LogP contribution in [0.15, 0.2) is 30.3 Å². The highest BCUT2D eigenvalue weighted by Crippen LogP contribution is 2.14. The van der Waals surface area contributed by atoms with Gasteiger partial charge in [-0.05, 0) is 5.56 Å². The zero-order valence-corrected chi connectivity index (χ0v) is 9.50. The molecule has 1 fully saturated rings. The molecule has 18 heavy (non-hydrogen) atoms. The van der Waals surface area contributed by atoms with Crippen LogP contribution < -0.4 is 5.43 Å². The van der Waals surface area contributed by atoms with Crippen molar-refractivity contribution in [2.75, 3.05) is 0 Å². The Labute approximate surface area is 103 Å². The van der Waals surface area contributed by atoms with Gasteiger partial charge in [-0.25, -0.2) is 0 Å². The van der Waals surface area contributed by atoms with Crippen LogP contribution in [-0.4, -0.2) is 27.8 Å². The number of carbonyl (C=O) groups excluding carboxylic acids is 3. The van der Waals surface area contributed by atoms with E-state index >= 15 is 0 Å². The van der Waals surface area contributed by atoms with E-state index < -0.39 is 23.8 Å². The summed E-state index contributed by atoms with van der Waals surface area (Å²) in [6.45, 7) is 0. The summed E-state index contributed by atoms with van der Waals surface area (Å²) in [6, 6.07) is 8.27. The molecule has 2 N–H and O–H groups in total. The van der Waals surface area contributed by atoms with Crippen LogP contribution in [0.3, 0.4) is 0 Å². The van der Waals surface area contributed by atoms with Gasteiger partial charge < -0.3 is 5.11 Å². The molecule has 0 aromatic heterocycles. The van der Waals surface area contributed by atoms with E-state index in [1.807, 2.05) is 0 Å². The van der Waals surface area contributed by atoms with Crippen LogP contribution in [0.4, 0.5) is 0 Å². The third kappa shape index (κ3) is 2.38. The number of nitrogens with zero attached hydrogens (tertiary/aromatic N) is 1. The molecular formula is C12H12N2O4. The van der Waals surface area contributed by atoms with E-state index in [1.54, 1.807) is 30.3 Å². The highest BCUT2D eigenvalue weighted by Gasteiger charge is 2.32. The van der Waals surface area contributed by atoms with Crippen LogP contribution in [-0.2, 0) is 14.4 Å². The van der Waals surface area contributed by atoms with E-state index in [-0.39, 0.29) is 12.8 Å². The SMILES string of the molecule is O=C(NN1C(=O)CCC1=O)[C@H](O)c1ccccc1. The molecule has 0 saturated carbocycles. The molecule has 0 aliphatic carbocycles. The summed E-state index contributed by atoms with van der Waals surface area (Å²) in [7, 11) is 0. The Morgan fingerprint density at radius 2 is 1.72 bits per heavy atom. The Morgan fingerprint density at radius 3 is 2.28 bits per heavy atom. The van der Waals surface area contributed by atoms with Crippen molar-refractivity contribution in [3.8, 4) is 0 Å². The van der Waals surface area contributed by atoms with Gasteiger partial charge in [0.05, 0.1) is 0 Å². The number of aliphatic hydroxyl groups excluding tert-OH is 1. The fourth-order valence-electron chi connectivity index (χ4n) is 1.66. The van der Waals surface area contributed by atoms with Gasteiger partial charge in [0.15, 0.2) is 6.10 Å². The molecule has 6 nitrogen and oxygen atoms in total. The summed E-state index contributed by atoms with van der Waals surface area (Å²) >= 11 is 0. The van der Waals surface area contributed by atoms with Crippen LogP contribution in [0.25, 0.3) is 0 Å². The van der Waals surface area contributed by atoms with E-state index in [0.717, 1.165) is 0 Å². The Morgan fingerprint density at radius 1 is 1.17 bits per heavy atom. The Balaban J connectivity index is 2.04. The third-order valence-electron chi connectivity index (χ3n) is 2.64. The number of aliphatic hydroxyl groups is 1. The van der Waals surface area contributed by atoms with Crippen LogP contribution in [0.1, 0.15) is 24.5 Å². The first-order valence-electron chi connectivity index (χ1n) is 5.49. The summed E-state index contributed by atoms with van der Waals surface area (Å²) in [5, 5.41) is 10.4. The van der Waals surface area contributed by atoms with E-state index in [9.17, 15) is 19.5 Å². The summed E-state index contributed by atoms with van der Waals surface area (Å²) in [5.74, 6) is -1.73. The van der Waals surface area contributed by atoms with Crippen molar-refractivity contribution in [3.63, 3.8) is 0 Å². The predicted octanol–water partition coefficient (Wildman–Crippen LogP) is -0.0998. The summed E-state index contributed by atoms with van der Waals surface area (Å²) < 4.78 is 0. The molecule has 0 bridgehead atoms. The molecule has 94 valence electrons. The Hall–Kier alpha value is -2.21. The zero-order chi connectivity index (χ0) is 13.1. The molecule has 1 atom stereocenters. The zero-order valence-electron chi connectivity index (χ0n) is 9.50. The minimum atomic E-state index is -1.41. The maximum atomic E-state index is 11.7. The van der Waals surface area contributed by atoms with E-state index in [0.29, 0.717) is 10.6 Å². The molecule has 0 radical (unpaired) electrons. The minimum absolute atomic E-state index is 0.0839. The highest BCUT2D eigenvalue weighted by atomic mass is 16.3. The van der Waals surface area contributed by atoms with Gasteiger partial charge in [-0.1, -0.05) is 30.3 Å². The number of imide groups is 1. The molecule has 1 aliphatic rings. The molecular weight excluding hydrogens is 236 g/mol. The quantitative estimate of drug-likeness (QED) is 0.731. The van der Waals surface area contributed by atoms with Gasteiger partial charge in [-0.15, -0.1) is 0 Å². The molecule has 0 unspecified atom stereocenters. The lowest BCUT2D eigenvalue weighted by molar-refractivity contribution is -0.150. The average Bonchev–Trinajstić information content (AvgIpc) is 2.70. The topological polar surface area (TPSA) is 86.7 Å². The van der Waals surface area contributed by atoms with Gasteiger partial charge in [-0.3, -0.25) is 19.8 Å². The predicted molar refractivity (Wildman–Crippen MR) is 60.6 cm³/mol. The highest BCUT2D eigenvalue weighted by molar-refractivity contribution is 6.03. The van der Waals surface area contributed by atoms with Crippen LogP contribution in [0.5, 0.6) is 0 Å². The number of rotatable bonds is 3. The molecule has 2 rings (SSSR count). The Bertz CT molecular complexity index is 470. The second-order valence-electron chi connectivity index (χ2n) is 3.91. The number of amides is 3. The number of hydrazine groups is 1. The van der Waals surface area contributed by atoms with Crippen LogP contribution in [0, 0.1) is 0 Å². The van der Waals surface area contributed by atoms with Gasteiger partial charge >= 0.3 is 0 Å². The van der Waals surface area contributed by atoms with E-state index in [1.165, 1.54) is 0 Å².